The molecule has 1 N–H and O–H groups in total. The van der Waals surface area contributed by atoms with Gasteiger partial charge in [0.15, 0.2) is 0 Å². The van der Waals surface area contributed by atoms with Crippen LogP contribution < -0.4 is 10.1 Å². The van der Waals surface area contributed by atoms with Gasteiger partial charge in [-0.2, -0.15) is 0 Å². The summed E-state index contributed by atoms with van der Waals surface area (Å²) in [6.07, 6.45) is 2.15. The third-order valence-electron chi connectivity index (χ3n) is 3.50. The van der Waals surface area contributed by atoms with Gasteiger partial charge in [-0.3, -0.25) is 4.79 Å². The molecule has 22 heavy (non-hydrogen) atoms. The van der Waals surface area contributed by atoms with Crippen molar-refractivity contribution in [3.63, 3.8) is 0 Å². The minimum absolute atomic E-state index is 0.0129. The van der Waals surface area contributed by atoms with Crippen LogP contribution >= 0.6 is 11.6 Å². The van der Waals surface area contributed by atoms with Gasteiger partial charge in [-0.1, -0.05) is 29.8 Å². The molecule has 0 radical (unpaired) electrons. The van der Waals surface area contributed by atoms with Crippen LogP contribution in [0.1, 0.15) is 24.0 Å². The second-order valence-electron chi connectivity index (χ2n) is 5.21. The predicted octanol–water partition coefficient (Wildman–Crippen LogP) is 4.62. The van der Waals surface area contributed by atoms with Crippen molar-refractivity contribution in [3.8, 4) is 5.75 Å². The van der Waals surface area contributed by atoms with E-state index in [1.165, 1.54) is 5.56 Å². The number of halogens is 1. The van der Waals surface area contributed by atoms with Crippen molar-refractivity contribution in [1.29, 1.82) is 0 Å². The molecule has 0 aliphatic heterocycles. The van der Waals surface area contributed by atoms with Crippen molar-refractivity contribution in [2.45, 2.75) is 26.2 Å². The molecule has 0 unspecified atom stereocenters. The lowest BCUT2D eigenvalue weighted by atomic mass is 10.1. The third kappa shape index (κ3) is 4.78. The van der Waals surface area contributed by atoms with Crippen molar-refractivity contribution in [2.75, 3.05) is 12.4 Å². The van der Waals surface area contributed by atoms with Crippen LogP contribution in [-0.2, 0) is 11.2 Å². The standard InChI is InChI=1S/C18H20ClNO2/c1-13-6-9-15(19)12-17(13)20-18(21)5-3-4-14-7-10-16(22-2)11-8-14/h6-12H,3-5H2,1-2H3,(H,20,21). The van der Waals surface area contributed by atoms with E-state index in [9.17, 15) is 4.79 Å². The number of aryl methyl sites for hydroxylation is 2. The van der Waals surface area contributed by atoms with E-state index < -0.39 is 0 Å². The molecule has 2 aromatic rings. The van der Waals surface area contributed by atoms with E-state index in [4.69, 9.17) is 16.3 Å². The first-order valence-electron chi connectivity index (χ1n) is 7.27. The molecule has 0 aliphatic carbocycles. The molecule has 0 heterocycles. The fraction of sp³-hybridized carbons (Fsp3) is 0.278. The van der Waals surface area contributed by atoms with Crippen LogP contribution in [0.4, 0.5) is 5.69 Å². The van der Waals surface area contributed by atoms with Crippen molar-refractivity contribution in [1.82, 2.24) is 0 Å². The number of benzene rings is 2. The van der Waals surface area contributed by atoms with Crippen LogP contribution in [0, 0.1) is 6.92 Å². The molecule has 2 aromatic carbocycles. The molecule has 0 bridgehead atoms. The molecule has 1 amide bonds. The summed E-state index contributed by atoms with van der Waals surface area (Å²) in [7, 11) is 1.65. The van der Waals surface area contributed by atoms with Gasteiger partial charge in [-0.05, 0) is 55.2 Å². The molecule has 0 atom stereocenters. The molecule has 0 aromatic heterocycles. The Morgan fingerprint density at radius 1 is 1.18 bits per heavy atom. The van der Waals surface area contributed by atoms with Gasteiger partial charge in [0.25, 0.3) is 0 Å². The Morgan fingerprint density at radius 2 is 1.91 bits per heavy atom. The SMILES string of the molecule is COc1ccc(CCCC(=O)Nc2cc(Cl)ccc2C)cc1. The average Bonchev–Trinajstić information content (AvgIpc) is 2.51. The highest BCUT2D eigenvalue weighted by atomic mass is 35.5. The van der Waals surface area contributed by atoms with Gasteiger partial charge in [0, 0.05) is 17.1 Å². The number of nitrogens with one attached hydrogen (secondary N) is 1. The predicted molar refractivity (Wildman–Crippen MR) is 90.8 cm³/mol. The smallest absolute Gasteiger partial charge is 0.224 e. The summed E-state index contributed by atoms with van der Waals surface area (Å²) in [4.78, 5) is 12.0. The number of carbonyl (C=O) groups is 1. The second-order valence-corrected chi connectivity index (χ2v) is 5.65. The highest BCUT2D eigenvalue weighted by Gasteiger charge is 2.06. The molecule has 3 nitrogen and oxygen atoms in total. The number of hydrogen-bond acceptors (Lipinski definition) is 2. The summed E-state index contributed by atoms with van der Waals surface area (Å²) in [5, 5.41) is 3.54. The number of methoxy groups -OCH3 is 1. The van der Waals surface area contributed by atoms with E-state index >= 15 is 0 Å². The number of hydrogen-bond donors (Lipinski definition) is 1. The Bertz CT molecular complexity index is 638. The van der Waals surface area contributed by atoms with E-state index in [0.29, 0.717) is 11.4 Å². The van der Waals surface area contributed by atoms with Crippen LogP contribution in [0.25, 0.3) is 0 Å². The Morgan fingerprint density at radius 3 is 2.59 bits per heavy atom. The zero-order valence-corrected chi connectivity index (χ0v) is 13.6. The van der Waals surface area contributed by atoms with Crippen molar-refractivity contribution < 1.29 is 9.53 Å². The summed E-state index contributed by atoms with van der Waals surface area (Å²) in [6.45, 7) is 1.95. The molecule has 4 heteroatoms. The highest BCUT2D eigenvalue weighted by molar-refractivity contribution is 6.31. The van der Waals surface area contributed by atoms with Crippen LogP contribution in [-0.4, -0.2) is 13.0 Å². The second kappa shape index (κ2) is 7.85. The van der Waals surface area contributed by atoms with E-state index in [-0.39, 0.29) is 5.91 Å². The maximum absolute atomic E-state index is 12.0. The van der Waals surface area contributed by atoms with Gasteiger partial charge in [0.2, 0.25) is 5.91 Å². The van der Waals surface area contributed by atoms with Crippen molar-refractivity contribution in [3.05, 3.63) is 58.6 Å². The van der Waals surface area contributed by atoms with Gasteiger partial charge in [-0.15, -0.1) is 0 Å². The highest BCUT2D eigenvalue weighted by Crippen LogP contribution is 2.20. The number of rotatable bonds is 6. The first-order valence-corrected chi connectivity index (χ1v) is 7.65. The van der Waals surface area contributed by atoms with Crippen LogP contribution in [0.3, 0.4) is 0 Å². The monoisotopic (exact) mass is 317 g/mol. The maximum atomic E-state index is 12.0. The fourth-order valence-electron chi connectivity index (χ4n) is 2.19. The van der Waals surface area contributed by atoms with Gasteiger partial charge >= 0.3 is 0 Å². The normalized spacial score (nSPS) is 10.3. The average molecular weight is 318 g/mol. The van der Waals surface area contributed by atoms with Gasteiger partial charge in [0.05, 0.1) is 7.11 Å². The van der Waals surface area contributed by atoms with Gasteiger partial charge in [0.1, 0.15) is 5.75 Å². The number of anilines is 1. The zero-order valence-electron chi connectivity index (χ0n) is 12.9. The minimum Gasteiger partial charge on any atom is -0.497 e. The number of carbonyl (C=O) groups excluding carboxylic acids is 1. The van der Waals surface area contributed by atoms with Gasteiger partial charge < -0.3 is 10.1 Å². The quantitative estimate of drug-likeness (QED) is 0.844. The van der Waals surface area contributed by atoms with Gasteiger partial charge in [-0.25, -0.2) is 0 Å². The summed E-state index contributed by atoms with van der Waals surface area (Å²) in [5.74, 6) is 0.858. The molecule has 0 saturated heterocycles. The molecule has 116 valence electrons. The molecule has 0 aliphatic rings. The lowest BCUT2D eigenvalue weighted by Gasteiger charge is -2.09. The number of amides is 1. The van der Waals surface area contributed by atoms with Crippen LogP contribution in [0.15, 0.2) is 42.5 Å². The van der Waals surface area contributed by atoms with E-state index in [1.807, 2.05) is 43.3 Å². The Kier molecular flexibility index (Phi) is 5.84. The summed E-state index contributed by atoms with van der Waals surface area (Å²) >= 11 is 5.95. The molecule has 0 spiro atoms. The lowest BCUT2D eigenvalue weighted by Crippen LogP contribution is -2.12. The molecular weight excluding hydrogens is 298 g/mol. The lowest BCUT2D eigenvalue weighted by molar-refractivity contribution is -0.116. The maximum Gasteiger partial charge on any atom is 0.224 e. The molecule has 0 saturated carbocycles. The summed E-state index contributed by atoms with van der Waals surface area (Å²) < 4.78 is 5.12. The van der Waals surface area contributed by atoms with E-state index in [2.05, 4.69) is 5.32 Å². The molecular formula is C18H20ClNO2. The molecule has 2 rings (SSSR count). The minimum atomic E-state index is 0.0129. The Labute approximate surface area is 136 Å². The molecule has 0 fully saturated rings. The van der Waals surface area contributed by atoms with E-state index in [1.54, 1.807) is 13.2 Å². The van der Waals surface area contributed by atoms with Crippen LogP contribution in [0.2, 0.25) is 5.02 Å². The summed E-state index contributed by atoms with van der Waals surface area (Å²) in [6, 6.07) is 13.4. The first-order chi connectivity index (χ1) is 10.6. The Hall–Kier alpha value is -2.00. The summed E-state index contributed by atoms with van der Waals surface area (Å²) in [5.41, 5.74) is 2.99. The van der Waals surface area contributed by atoms with Crippen molar-refractivity contribution >= 4 is 23.2 Å². The van der Waals surface area contributed by atoms with E-state index in [0.717, 1.165) is 29.8 Å². The largest absolute Gasteiger partial charge is 0.497 e. The Balaban J connectivity index is 1.81. The third-order valence-corrected chi connectivity index (χ3v) is 3.74. The fourth-order valence-corrected chi connectivity index (χ4v) is 2.36. The topological polar surface area (TPSA) is 38.3 Å². The first kappa shape index (κ1) is 16.4. The number of ether oxygens (including phenoxy) is 1. The van der Waals surface area contributed by atoms with Crippen LogP contribution in [0.5, 0.6) is 5.75 Å². The zero-order chi connectivity index (χ0) is 15.9. The van der Waals surface area contributed by atoms with Crippen molar-refractivity contribution in [2.24, 2.45) is 0 Å².